The third-order valence-electron chi connectivity index (χ3n) is 2.64. The van der Waals surface area contributed by atoms with Crippen LogP contribution in [0.1, 0.15) is 32.8 Å². The van der Waals surface area contributed by atoms with Crippen molar-refractivity contribution < 1.29 is 14.6 Å². The summed E-state index contributed by atoms with van der Waals surface area (Å²) in [6.07, 6.45) is 1.20. The Morgan fingerprint density at radius 2 is 1.94 bits per heavy atom. The predicted octanol–water partition coefficient (Wildman–Crippen LogP) is 2.80. The third kappa shape index (κ3) is 4.27. The maximum absolute atomic E-state index is 9.30. The smallest absolute Gasteiger partial charge is 0.161 e. The number of ether oxygens (including phenoxy) is 2. The molecule has 0 saturated heterocycles. The first-order chi connectivity index (χ1) is 8.06. The summed E-state index contributed by atoms with van der Waals surface area (Å²) in [5, 5.41) is 9.30. The van der Waals surface area contributed by atoms with E-state index in [0.717, 1.165) is 17.9 Å². The minimum absolute atomic E-state index is 0.0311. The van der Waals surface area contributed by atoms with Crippen LogP contribution in [0.4, 0.5) is 0 Å². The monoisotopic (exact) mass is 238 g/mol. The normalized spacial score (nSPS) is 14.2. The molecule has 3 nitrogen and oxygen atoms in total. The number of hydrogen-bond acceptors (Lipinski definition) is 3. The van der Waals surface area contributed by atoms with Gasteiger partial charge in [-0.2, -0.15) is 0 Å². The van der Waals surface area contributed by atoms with E-state index in [0.29, 0.717) is 6.42 Å². The minimum atomic E-state index is -0.356. The number of aryl methyl sites for hydroxylation is 1. The van der Waals surface area contributed by atoms with Crippen LogP contribution in [0, 0.1) is 0 Å². The van der Waals surface area contributed by atoms with Crippen LogP contribution in [0.25, 0.3) is 0 Å². The lowest BCUT2D eigenvalue weighted by molar-refractivity contribution is 0.113. The van der Waals surface area contributed by atoms with Crippen LogP contribution < -0.4 is 9.47 Å². The van der Waals surface area contributed by atoms with Crippen molar-refractivity contribution >= 4 is 0 Å². The van der Waals surface area contributed by atoms with E-state index in [2.05, 4.69) is 6.92 Å². The second-order valence-corrected chi connectivity index (χ2v) is 4.35. The molecule has 1 rings (SSSR count). The number of aliphatic hydroxyl groups excluding tert-OH is 1. The number of rotatable bonds is 6. The van der Waals surface area contributed by atoms with Gasteiger partial charge in [0.2, 0.25) is 0 Å². The van der Waals surface area contributed by atoms with Crippen LogP contribution in [0.3, 0.4) is 0 Å². The molecular weight excluding hydrogens is 216 g/mol. The van der Waals surface area contributed by atoms with Gasteiger partial charge in [-0.1, -0.05) is 13.0 Å². The molecule has 0 spiro atoms. The minimum Gasteiger partial charge on any atom is -0.493 e. The molecule has 1 N–H and O–H groups in total. The van der Waals surface area contributed by atoms with Crippen molar-refractivity contribution in [2.75, 3.05) is 7.11 Å². The van der Waals surface area contributed by atoms with E-state index in [1.54, 1.807) is 14.0 Å². The van der Waals surface area contributed by atoms with Crippen molar-refractivity contribution in [3.8, 4) is 11.5 Å². The zero-order valence-corrected chi connectivity index (χ0v) is 11.1. The Labute approximate surface area is 103 Å². The van der Waals surface area contributed by atoms with Crippen LogP contribution in [0.5, 0.6) is 11.5 Å². The molecule has 0 aromatic heterocycles. The molecule has 2 unspecified atom stereocenters. The molecule has 0 heterocycles. The molecule has 0 aliphatic carbocycles. The summed E-state index contributed by atoms with van der Waals surface area (Å²) >= 11 is 0. The van der Waals surface area contributed by atoms with Gasteiger partial charge in [-0.3, -0.25) is 0 Å². The highest BCUT2D eigenvalue weighted by Crippen LogP contribution is 2.29. The van der Waals surface area contributed by atoms with Gasteiger partial charge in [-0.05, 0) is 38.0 Å². The number of aliphatic hydroxyl groups is 1. The molecule has 0 saturated carbocycles. The Kier molecular flexibility index (Phi) is 5.29. The van der Waals surface area contributed by atoms with Crippen molar-refractivity contribution in [3.05, 3.63) is 23.8 Å². The predicted molar refractivity (Wildman–Crippen MR) is 68.8 cm³/mol. The molecule has 0 aliphatic rings. The zero-order valence-electron chi connectivity index (χ0n) is 11.1. The first kappa shape index (κ1) is 13.8. The van der Waals surface area contributed by atoms with E-state index >= 15 is 0 Å². The molecule has 17 heavy (non-hydrogen) atoms. The highest BCUT2D eigenvalue weighted by atomic mass is 16.5. The Hall–Kier alpha value is -1.22. The fourth-order valence-electron chi connectivity index (χ4n) is 1.77. The van der Waals surface area contributed by atoms with Crippen LogP contribution in [0.2, 0.25) is 0 Å². The summed E-state index contributed by atoms with van der Waals surface area (Å²) in [6.45, 7) is 5.81. The van der Waals surface area contributed by atoms with Crippen LogP contribution in [-0.2, 0) is 6.42 Å². The fraction of sp³-hybridized carbons (Fsp3) is 0.571. The van der Waals surface area contributed by atoms with Crippen molar-refractivity contribution in [1.29, 1.82) is 0 Å². The van der Waals surface area contributed by atoms with E-state index < -0.39 is 0 Å². The molecule has 0 bridgehead atoms. The van der Waals surface area contributed by atoms with Crippen LogP contribution in [0.15, 0.2) is 18.2 Å². The molecule has 2 atom stereocenters. The Morgan fingerprint density at radius 3 is 2.47 bits per heavy atom. The summed E-state index contributed by atoms with van der Waals surface area (Å²) in [7, 11) is 1.64. The maximum atomic E-state index is 9.30. The van der Waals surface area contributed by atoms with Gasteiger partial charge in [-0.15, -0.1) is 0 Å². The fourth-order valence-corrected chi connectivity index (χ4v) is 1.77. The molecule has 0 aliphatic heterocycles. The van der Waals surface area contributed by atoms with E-state index in [1.807, 2.05) is 25.1 Å². The highest BCUT2D eigenvalue weighted by molar-refractivity contribution is 5.43. The van der Waals surface area contributed by atoms with Crippen molar-refractivity contribution in [1.82, 2.24) is 0 Å². The lowest BCUT2D eigenvalue weighted by atomic mass is 10.1. The first-order valence-electron chi connectivity index (χ1n) is 6.08. The summed E-state index contributed by atoms with van der Waals surface area (Å²) in [5.41, 5.74) is 1.22. The molecular formula is C14H22O3. The molecule has 3 heteroatoms. The van der Waals surface area contributed by atoms with Gasteiger partial charge in [-0.25, -0.2) is 0 Å². The standard InChI is InChI=1S/C14H22O3/c1-5-12-6-7-13(14(9-12)16-4)17-11(3)8-10(2)15/h6-7,9-11,15H,5,8H2,1-4H3. The second kappa shape index (κ2) is 6.50. The number of benzene rings is 1. The summed E-state index contributed by atoms with van der Waals surface area (Å²) in [4.78, 5) is 0. The summed E-state index contributed by atoms with van der Waals surface area (Å²) in [6, 6.07) is 5.95. The Bertz CT molecular complexity index is 347. The largest absolute Gasteiger partial charge is 0.493 e. The summed E-state index contributed by atoms with van der Waals surface area (Å²) < 4.78 is 11.1. The molecule has 0 fully saturated rings. The molecule has 96 valence electrons. The van der Waals surface area contributed by atoms with E-state index in [4.69, 9.17) is 9.47 Å². The zero-order chi connectivity index (χ0) is 12.8. The molecule has 0 radical (unpaired) electrons. The van der Waals surface area contributed by atoms with Crippen molar-refractivity contribution in [3.63, 3.8) is 0 Å². The third-order valence-corrected chi connectivity index (χ3v) is 2.64. The van der Waals surface area contributed by atoms with Crippen molar-refractivity contribution in [2.24, 2.45) is 0 Å². The van der Waals surface area contributed by atoms with E-state index in [9.17, 15) is 5.11 Å². The van der Waals surface area contributed by atoms with Gasteiger partial charge in [0, 0.05) is 6.42 Å². The Balaban J connectivity index is 2.76. The lowest BCUT2D eigenvalue weighted by Crippen LogP contribution is -2.18. The first-order valence-corrected chi connectivity index (χ1v) is 6.08. The average Bonchev–Trinajstić information content (AvgIpc) is 2.28. The quantitative estimate of drug-likeness (QED) is 0.828. The van der Waals surface area contributed by atoms with Gasteiger partial charge in [0.15, 0.2) is 11.5 Å². The summed E-state index contributed by atoms with van der Waals surface area (Å²) in [5.74, 6) is 1.49. The molecule has 1 aromatic carbocycles. The maximum Gasteiger partial charge on any atom is 0.161 e. The molecule has 0 amide bonds. The van der Waals surface area contributed by atoms with Gasteiger partial charge < -0.3 is 14.6 Å². The van der Waals surface area contributed by atoms with Crippen LogP contribution >= 0.6 is 0 Å². The van der Waals surface area contributed by atoms with Gasteiger partial charge in [0.1, 0.15) is 0 Å². The van der Waals surface area contributed by atoms with E-state index in [1.165, 1.54) is 5.56 Å². The van der Waals surface area contributed by atoms with Crippen LogP contribution in [-0.4, -0.2) is 24.4 Å². The van der Waals surface area contributed by atoms with Gasteiger partial charge in [0.25, 0.3) is 0 Å². The molecule has 1 aromatic rings. The SMILES string of the molecule is CCc1ccc(OC(C)CC(C)O)c(OC)c1. The van der Waals surface area contributed by atoms with Gasteiger partial charge >= 0.3 is 0 Å². The number of methoxy groups -OCH3 is 1. The van der Waals surface area contributed by atoms with Crippen molar-refractivity contribution in [2.45, 2.75) is 45.8 Å². The highest BCUT2D eigenvalue weighted by Gasteiger charge is 2.11. The van der Waals surface area contributed by atoms with E-state index in [-0.39, 0.29) is 12.2 Å². The Morgan fingerprint density at radius 1 is 1.24 bits per heavy atom. The topological polar surface area (TPSA) is 38.7 Å². The van der Waals surface area contributed by atoms with Gasteiger partial charge in [0.05, 0.1) is 19.3 Å². The lowest BCUT2D eigenvalue weighted by Gasteiger charge is -2.18. The average molecular weight is 238 g/mol. The second-order valence-electron chi connectivity index (χ2n) is 4.35. The number of hydrogen-bond donors (Lipinski definition) is 1.